The topological polar surface area (TPSA) is 26.3 Å². The van der Waals surface area contributed by atoms with Gasteiger partial charge in [0.1, 0.15) is 4.75 Å². The quantitative estimate of drug-likeness (QED) is 0.580. The zero-order valence-electron chi connectivity index (χ0n) is 13.9. The molecule has 0 aliphatic heterocycles. The molecule has 2 aliphatic carbocycles. The predicted octanol–water partition coefficient (Wildman–Crippen LogP) is 4.95. The van der Waals surface area contributed by atoms with E-state index in [1.54, 1.807) is 17.3 Å². The molecule has 0 aromatic heterocycles. The maximum Gasteiger partial charge on any atom is 0.321 e. The molecule has 1 fully saturated rings. The number of carbonyl (C=O) groups excluding carboxylic acids is 1. The summed E-state index contributed by atoms with van der Waals surface area (Å²) in [5, 5.41) is 0. The Morgan fingerprint density at radius 2 is 2.09 bits per heavy atom. The van der Waals surface area contributed by atoms with Gasteiger partial charge in [0.05, 0.1) is 6.61 Å². The minimum atomic E-state index is -0.532. The Kier molecular flexibility index (Phi) is 4.54. The van der Waals surface area contributed by atoms with Crippen LogP contribution in [0.5, 0.6) is 0 Å². The molecule has 2 unspecified atom stereocenters. The second-order valence-corrected chi connectivity index (χ2v) is 8.74. The summed E-state index contributed by atoms with van der Waals surface area (Å²) < 4.78 is 4.66. The van der Waals surface area contributed by atoms with E-state index in [1.807, 2.05) is 20.8 Å². The van der Waals surface area contributed by atoms with Crippen molar-refractivity contribution in [3.05, 3.63) is 29.3 Å². The van der Waals surface area contributed by atoms with Crippen molar-refractivity contribution in [2.24, 2.45) is 5.92 Å². The molecule has 0 heterocycles. The van der Waals surface area contributed by atoms with Gasteiger partial charge in [0.2, 0.25) is 0 Å². The van der Waals surface area contributed by atoms with Crippen LogP contribution in [-0.4, -0.2) is 17.3 Å². The summed E-state index contributed by atoms with van der Waals surface area (Å²) in [6, 6.07) is 6.83. The molecule has 0 N–H and O–H groups in total. The molecule has 3 rings (SSSR count). The molecular weight excluding hydrogens is 292 g/mol. The van der Waals surface area contributed by atoms with Gasteiger partial charge >= 0.3 is 5.97 Å². The standard InChI is InChI=1S/C19H26O2S/c1-4-21-18(20)19(2,3)22-15-9-10-17-14(12-15)11-13-7-5-6-8-16(13)17/h9-10,12-13,16H,4-8,11H2,1-3H3. The highest BCUT2D eigenvalue weighted by molar-refractivity contribution is 8.01. The van der Waals surface area contributed by atoms with Gasteiger partial charge < -0.3 is 4.74 Å². The smallest absolute Gasteiger partial charge is 0.321 e. The normalized spacial score (nSPS) is 23.8. The second-order valence-electron chi connectivity index (χ2n) is 7.05. The molecule has 0 amide bonds. The maximum absolute atomic E-state index is 12.1. The third kappa shape index (κ3) is 3.05. The Balaban J connectivity index is 1.76. The molecule has 1 saturated carbocycles. The van der Waals surface area contributed by atoms with E-state index in [0.29, 0.717) is 6.61 Å². The lowest BCUT2D eigenvalue weighted by atomic mass is 9.80. The van der Waals surface area contributed by atoms with Crippen molar-refractivity contribution < 1.29 is 9.53 Å². The van der Waals surface area contributed by atoms with Crippen LogP contribution >= 0.6 is 11.8 Å². The van der Waals surface area contributed by atoms with Crippen molar-refractivity contribution in [2.75, 3.05) is 6.61 Å². The summed E-state index contributed by atoms with van der Waals surface area (Å²) in [5.41, 5.74) is 3.09. The van der Waals surface area contributed by atoms with Gasteiger partial charge in [-0.25, -0.2) is 0 Å². The van der Waals surface area contributed by atoms with Crippen LogP contribution in [0.1, 0.15) is 63.5 Å². The van der Waals surface area contributed by atoms with E-state index in [4.69, 9.17) is 4.74 Å². The maximum atomic E-state index is 12.1. The number of fused-ring (bicyclic) bond motifs is 3. The van der Waals surface area contributed by atoms with Crippen LogP contribution in [0.3, 0.4) is 0 Å². The van der Waals surface area contributed by atoms with Crippen LogP contribution in [0.15, 0.2) is 23.1 Å². The van der Waals surface area contributed by atoms with Crippen molar-refractivity contribution >= 4 is 17.7 Å². The van der Waals surface area contributed by atoms with E-state index in [1.165, 1.54) is 42.6 Å². The van der Waals surface area contributed by atoms with E-state index in [0.717, 1.165) is 11.8 Å². The zero-order chi connectivity index (χ0) is 15.7. The van der Waals surface area contributed by atoms with Crippen LogP contribution in [0.4, 0.5) is 0 Å². The summed E-state index contributed by atoms with van der Waals surface area (Å²) >= 11 is 1.62. The number of rotatable bonds is 4. The highest BCUT2D eigenvalue weighted by Gasteiger charge is 2.35. The van der Waals surface area contributed by atoms with Gasteiger partial charge in [-0.05, 0) is 75.1 Å². The summed E-state index contributed by atoms with van der Waals surface area (Å²) in [6.07, 6.45) is 6.75. The molecule has 3 heteroatoms. The molecular formula is C19H26O2S. The molecule has 120 valence electrons. The first-order chi connectivity index (χ1) is 10.5. The number of esters is 1. The Bertz CT molecular complexity index is 565. The van der Waals surface area contributed by atoms with Crippen LogP contribution in [0.25, 0.3) is 0 Å². The largest absolute Gasteiger partial charge is 0.465 e. The van der Waals surface area contributed by atoms with Gasteiger partial charge in [0.15, 0.2) is 0 Å². The lowest BCUT2D eigenvalue weighted by Crippen LogP contribution is -2.29. The predicted molar refractivity (Wildman–Crippen MR) is 91.4 cm³/mol. The molecule has 1 aromatic rings. The third-order valence-corrected chi connectivity index (χ3v) is 6.21. The molecule has 22 heavy (non-hydrogen) atoms. The Morgan fingerprint density at radius 3 is 2.86 bits per heavy atom. The highest BCUT2D eigenvalue weighted by atomic mass is 32.2. The summed E-state index contributed by atoms with van der Waals surface area (Å²) in [5.74, 6) is 1.53. The first-order valence-corrected chi connectivity index (χ1v) is 9.32. The second kappa shape index (κ2) is 6.27. The number of hydrogen-bond acceptors (Lipinski definition) is 3. The monoisotopic (exact) mass is 318 g/mol. The Hall–Kier alpha value is -0.960. The first-order valence-electron chi connectivity index (χ1n) is 8.50. The molecule has 2 atom stereocenters. The molecule has 2 aliphatic rings. The van der Waals surface area contributed by atoms with E-state index < -0.39 is 4.75 Å². The minimum absolute atomic E-state index is 0.130. The lowest BCUT2D eigenvalue weighted by molar-refractivity contribution is -0.145. The number of ether oxygens (including phenoxy) is 1. The van der Waals surface area contributed by atoms with Gasteiger partial charge in [-0.3, -0.25) is 4.79 Å². The van der Waals surface area contributed by atoms with Crippen molar-refractivity contribution in [3.63, 3.8) is 0 Å². The summed E-state index contributed by atoms with van der Waals surface area (Å²) in [7, 11) is 0. The SMILES string of the molecule is CCOC(=O)C(C)(C)Sc1ccc2c(c1)CC1CCCCC21. The number of hydrogen-bond donors (Lipinski definition) is 0. The lowest BCUT2D eigenvalue weighted by Gasteiger charge is -2.25. The van der Waals surface area contributed by atoms with Gasteiger partial charge in [-0.1, -0.05) is 18.9 Å². The molecule has 0 bridgehead atoms. The van der Waals surface area contributed by atoms with Crippen LogP contribution in [-0.2, 0) is 16.0 Å². The fourth-order valence-corrected chi connectivity index (χ4v) is 5.04. The molecule has 2 nitrogen and oxygen atoms in total. The Labute approximate surface area is 138 Å². The van der Waals surface area contributed by atoms with Crippen molar-refractivity contribution in [1.82, 2.24) is 0 Å². The van der Waals surface area contributed by atoms with Gasteiger partial charge in [-0.15, -0.1) is 11.8 Å². The third-order valence-electron chi connectivity index (χ3n) is 5.05. The zero-order valence-corrected chi connectivity index (χ0v) is 14.7. The molecule has 0 spiro atoms. The van der Waals surface area contributed by atoms with Gasteiger partial charge in [0.25, 0.3) is 0 Å². The van der Waals surface area contributed by atoms with Crippen LogP contribution < -0.4 is 0 Å². The Morgan fingerprint density at radius 1 is 1.32 bits per heavy atom. The van der Waals surface area contributed by atoms with Crippen LogP contribution in [0, 0.1) is 5.92 Å². The highest BCUT2D eigenvalue weighted by Crippen LogP contribution is 2.47. The average Bonchev–Trinajstić information content (AvgIpc) is 2.84. The number of carbonyl (C=O) groups is 1. The summed E-state index contributed by atoms with van der Waals surface area (Å²) in [4.78, 5) is 13.3. The van der Waals surface area contributed by atoms with Crippen LogP contribution in [0.2, 0.25) is 0 Å². The fraction of sp³-hybridized carbons (Fsp3) is 0.632. The van der Waals surface area contributed by atoms with Crippen molar-refractivity contribution in [2.45, 2.75) is 68.4 Å². The number of thioether (sulfide) groups is 1. The van der Waals surface area contributed by atoms with Gasteiger partial charge in [0, 0.05) is 4.90 Å². The van der Waals surface area contributed by atoms with E-state index in [2.05, 4.69) is 18.2 Å². The number of benzene rings is 1. The first kappa shape index (κ1) is 15.9. The van der Waals surface area contributed by atoms with E-state index in [9.17, 15) is 4.79 Å². The van der Waals surface area contributed by atoms with Crippen molar-refractivity contribution in [3.8, 4) is 0 Å². The molecule has 0 radical (unpaired) electrons. The van der Waals surface area contributed by atoms with Gasteiger partial charge in [-0.2, -0.15) is 0 Å². The summed E-state index contributed by atoms with van der Waals surface area (Å²) in [6.45, 7) is 6.19. The fourth-order valence-electron chi connectivity index (χ4n) is 3.97. The van der Waals surface area contributed by atoms with Crippen molar-refractivity contribution in [1.29, 1.82) is 0 Å². The van der Waals surface area contributed by atoms with E-state index in [-0.39, 0.29) is 5.97 Å². The average molecular weight is 318 g/mol. The minimum Gasteiger partial charge on any atom is -0.465 e. The molecule has 0 saturated heterocycles. The molecule has 1 aromatic carbocycles. The van der Waals surface area contributed by atoms with E-state index >= 15 is 0 Å².